The molecule has 1 rings (SSSR count). The first-order valence-corrected chi connectivity index (χ1v) is 7.63. The standard InChI is InChI=1S/C16H24ClN3O/c1-3-15(19)16(13-7-4-5-8-14(13)17)20(10-6-9-18)11-12-21-2/h4-5,7-8,15-16H,3,6,10-12,19H2,1-2H3. The fraction of sp³-hybridized carbons (Fsp3) is 0.562. The summed E-state index contributed by atoms with van der Waals surface area (Å²) in [5.41, 5.74) is 7.35. The minimum atomic E-state index is -0.0413. The van der Waals surface area contributed by atoms with Gasteiger partial charge in [0.25, 0.3) is 0 Å². The van der Waals surface area contributed by atoms with Crippen molar-refractivity contribution in [1.29, 1.82) is 5.26 Å². The molecular weight excluding hydrogens is 286 g/mol. The quantitative estimate of drug-likeness (QED) is 0.761. The number of rotatable bonds is 9. The molecule has 0 aliphatic heterocycles. The van der Waals surface area contributed by atoms with E-state index in [9.17, 15) is 0 Å². The fourth-order valence-corrected chi connectivity index (χ4v) is 2.68. The zero-order chi connectivity index (χ0) is 15.7. The third kappa shape index (κ3) is 5.29. The molecule has 2 atom stereocenters. The summed E-state index contributed by atoms with van der Waals surface area (Å²) in [6.45, 7) is 4.04. The zero-order valence-corrected chi connectivity index (χ0v) is 13.5. The number of ether oxygens (including phenoxy) is 1. The van der Waals surface area contributed by atoms with E-state index in [1.54, 1.807) is 7.11 Å². The summed E-state index contributed by atoms with van der Waals surface area (Å²) < 4.78 is 5.18. The zero-order valence-electron chi connectivity index (χ0n) is 12.8. The van der Waals surface area contributed by atoms with E-state index < -0.39 is 0 Å². The second kappa shape index (κ2) is 9.75. The molecule has 0 spiro atoms. The highest BCUT2D eigenvalue weighted by atomic mass is 35.5. The van der Waals surface area contributed by atoms with Crippen molar-refractivity contribution < 1.29 is 4.74 Å². The monoisotopic (exact) mass is 309 g/mol. The molecule has 1 aromatic carbocycles. The molecular formula is C16H24ClN3O. The Bertz CT molecular complexity index is 461. The van der Waals surface area contributed by atoms with E-state index >= 15 is 0 Å². The van der Waals surface area contributed by atoms with Crippen LogP contribution in [0.15, 0.2) is 24.3 Å². The third-order valence-corrected chi connectivity index (χ3v) is 3.93. The largest absolute Gasteiger partial charge is 0.383 e. The average Bonchev–Trinajstić information content (AvgIpc) is 2.51. The topological polar surface area (TPSA) is 62.3 Å². The lowest BCUT2D eigenvalue weighted by atomic mass is 9.96. The minimum absolute atomic E-state index is 0.00722. The lowest BCUT2D eigenvalue weighted by molar-refractivity contribution is 0.109. The molecule has 116 valence electrons. The van der Waals surface area contributed by atoms with E-state index in [-0.39, 0.29) is 12.1 Å². The van der Waals surface area contributed by atoms with Crippen LogP contribution in [0.4, 0.5) is 0 Å². The number of halogens is 1. The summed E-state index contributed by atoms with van der Waals surface area (Å²) in [6, 6.07) is 9.92. The molecule has 0 aliphatic rings. The fourth-order valence-electron chi connectivity index (χ4n) is 2.43. The lowest BCUT2D eigenvalue weighted by Crippen LogP contribution is -2.43. The van der Waals surface area contributed by atoms with Gasteiger partial charge in [-0.25, -0.2) is 0 Å². The molecule has 4 nitrogen and oxygen atoms in total. The summed E-state index contributed by atoms with van der Waals surface area (Å²) >= 11 is 6.35. The van der Waals surface area contributed by atoms with Crippen LogP contribution < -0.4 is 5.73 Å². The number of nitriles is 1. The first-order chi connectivity index (χ1) is 10.2. The number of hydrogen-bond acceptors (Lipinski definition) is 4. The Morgan fingerprint density at radius 1 is 1.38 bits per heavy atom. The van der Waals surface area contributed by atoms with Gasteiger partial charge in [-0.1, -0.05) is 36.7 Å². The number of methoxy groups -OCH3 is 1. The van der Waals surface area contributed by atoms with Gasteiger partial charge in [0.05, 0.1) is 18.7 Å². The van der Waals surface area contributed by atoms with E-state index in [0.717, 1.165) is 18.5 Å². The maximum absolute atomic E-state index is 8.88. The van der Waals surface area contributed by atoms with Crippen LogP contribution in [0.3, 0.4) is 0 Å². The van der Waals surface area contributed by atoms with Gasteiger partial charge < -0.3 is 10.5 Å². The van der Waals surface area contributed by atoms with Gasteiger partial charge in [0.1, 0.15) is 0 Å². The van der Waals surface area contributed by atoms with Crippen molar-refractivity contribution in [3.8, 4) is 6.07 Å². The SMILES string of the molecule is CCC(N)C(c1ccccc1Cl)N(CCC#N)CCOC. The highest BCUT2D eigenvalue weighted by Gasteiger charge is 2.27. The van der Waals surface area contributed by atoms with Crippen LogP contribution in [0.1, 0.15) is 31.4 Å². The smallest absolute Gasteiger partial charge is 0.0635 e. The second-order valence-corrected chi connectivity index (χ2v) is 5.38. The van der Waals surface area contributed by atoms with Gasteiger partial charge in [0.15, 0.2) is 0 Å². The Hall–Kier alpha value is -1.12. The van der Waals surface area contributed by atoms with E-state index in [4.69, 9.17) is 27.3 Å². The predicted octanol–water partition coefficient (Wildman–Crippen LogP) is 2.98. The minimum Gasteiger partial charge on any atom is -0.383 e. The molecule has 0 saturated heterocycles. The van der Waals surface area contributed by atoms with E-state index in [2.05, 4.69) is 17.9 Å². The molecule has 0 radical (unpaired) electrons. The van der Waals surface area contributed by atoms with Crippen molar-refractivity contribution in [1.82, 2.24) is 4.90 Å². The lowest BCUT2D eigenvalue weighted by Gasteiger charge is -2.35. The van der Waals surface area contributed by atoms with Crippen molar-refractivity contribution in [2.45, 2.75) is 31.8 Å². The second-order valence-electron chi connectivity index (χ2n) is 4.98. The molecule has 0 fully saturated rings. The van der Waals surface area contributed by atoms with Crippen molar-refractivity contribution >= 4 is 11.6 Å². The maximum atomic E-state index is 8.88. The van der Waals surface area contributed by atoms with Gasteiger partial charge in [-0.3, -0.25) is 4.90 Å². The molecule has 0 aromatic heterocycles. The average molecular weight is 310 g/mol. The van der Waals surface area contributed by atoms with Gasteiger partial charge >= 0.3 is 0 Å². The molecule has 1 aromatic rings. The molecule has 0 aliphatic carbocycles. The van der Waals surface area contributed by atoms with Gasteiger partial charge in [-0.15, -0.1) is 0 Å². The Labute approximate surface area is 132 Å². The Balaban J connectivity index is 3.07. The van der Waals surface area contributed by atoms with Crippen molar-refractivity contribution in [3.63, 3.8) is 0 Å². The first kappa shape index (κ1) is 17.9. The summed E-state index contributed by atoms with van der Waals surface area (Å²) in [4.78, 5) is 2.20. The van der Waals surface area contributed by atoms with Crippen LogP contribution >= 0.6 is 11.6 Å². The van der Waals surface area contributed by atoms with Gasteiger partial charge in [-0.05, 0) is 18.1 Å². The summed E-state index contributed by atoms with van der Waals surface area (Å²) in [5.74, 6) is 0. The van der Waals surface area contributed by atoms with Crippen LogP contribution in [-0.2, 0) is 4.74 Å². The molecule has 0 heterocycles. The molecule has 5 heteroatoms. The molecule has 0 saturated carbocycles. The number of hydrogen-bond donors (Lipinski definition) is 1. The van der Waals surface area contributed by atoms with E-state index in [0.29, 0.717) is 24.6 Å². The maximum Gasteiger partial charge on any atom is 0.0635 e. The predicted molar refractivity (Wildman–Crippen MR) is 86.1 cm³/mol. The van der Waals surface area contributed by atoms with Crippen LogP contribution in [0.5, 0.6) is 0 Å². The highest BCUT2D eigenvalue weighted by molar-refractivity contribution is 6.31. The Kier molecular flexibility index (Phi) is 8.33. The Morgan fingerprint density at radius 2 is 2.10 bits per heavy atom. The number of nitrogens with two attached hydrogens (primary N) is 1. The first-order valence-electron chi connectivity index (χ1n) is 7.25. The number of nitrogens with zero attached hydrogens (tertiary/aromatic N) is 2. The van der Waals surface area contributed by atoms with Crippen molar-refractivity contribution in [3.05, 3.63) is 34.9 Å². The highest BCUT2D eigenvalue weighted by Crippen LogP contribution is 2.30. The van der Waals surface area contributed by atoms with E-state index in [1.165, 1.54) is 0 Å². The van der Waals surface area contributed by atoms with Crippen molar-refractivity contribution in [2.75, 3.05) is 26.8 Å². The van der Waals surface area contributed by atoms with Crippen LogP contribution in [0, 0.1) is 11.3 Å². The normalized spacial score (nSPS) is 13.9. The molecule has 0 bridgehead atoms. The van der Waals surface area contributed by atoms with Gasteiger partial charge in [0, 0.05) is 37.7 Å². The molecule has 2 unspecified atom stereocenters. The Morgan fingerprint density at radius 3 is 2.67 bits per heavy atom. The van der Waals surface area contributed by atoms with Gasteiger partial charge in [-0.2, -0.15) is 5.26 Å². The van der Waals surface area contributed by atoms with Gasteiger partial charge in [0.2, 0.25) is 0 Å². The molecule has 2 N–H and O–H groups in total. The van der Waals surface area contributed by atoms with Crippen LogP contribution in [0.25, 0.3) is 0 Å². The summed E-state index contributed by atoms with van der Waals surface area (Å²) in [6.07, 6.45) is 1.30. The third-order valence-electron chi connectivity index (χ3n) is 3.59. The van der Waals surface area contributed by atoms with E-state index in [1.807, 2.05) is 24.3 Å². The van der Waals surface area contributed by atoms with Crippen LogP contribution in [-0.4, -0.2) is 37.7 Å². The number of benzene rings is 1. The van der Waals surface area contributed by atoms with Crippen LogP contribution in [0.2, 0.25) is 5.02 Å². The molecule has 0 amide bonds. The summed E-state index contributed by atoms with van der Waals surface area (Å²) in [5, 5.41) is 9.59. The molecule has 21 heavy (non-hydrogen) atoms. The summed E-state index contributed by atoms with van der Waals surface area (Å²) in [7, 11) is 1.67. The van der Waals surface area contributed by atoms with Crippen molar-refractivity contribution in [2.24, 2.45) is 5.73 Å².